The molecular weight excluding hydrogens is 673 g/mol. The summed E-state index contributed by atoms with van der Waals surface area (Å²) >= 11 is 40.6. The SMILES string of the molecule is COc1ccc([C@@H]2[C@H](N3C(=O)c4c(Cl)c(Cl)c(Cl)c(Cl)c4C3=O)C(=O)N2c2ccc(Cl)c(Cl)c2)cc1Br. The van der Waals surface area contributed by atoms with E-state index in [2.05, 4.69) is 15.9 Å². The zero-order chi connectivity index (χ0) is 26.9. The lowest BCUT2D eigenvalue weighted by atomic mass is 9.86. The molecule has 5 rings (SSSR count). The number of rotatable bonds is 4. The van der Waals surface area contributed by atoms with Gasteiger partial charge in [-0.15, -0.1) is 0 Å². The van der Waals surface area contributed by atoms with E-state index in [0.29, 0.717) is 26.5 Å². The van der Waals surface area contributed by atoms with Crippen molar-refractivity contribution in [1.82, 2.24) is 4.90 Å². The summed E-state index contributed by atoms with van der Waals surface area (Å²) in [6.07, 6.45) is 0. The van der Waals surface area contributed by atoms with Crippen molar-refractivity contribution in [2.24, 2.45) is 0 Å². The maximum atomic E-state index is 13.6. The lowest BCUT2D eigenvalue weighted by molar-refractivity contribution is -0.130. The largest absolute Gasteiger partial charge is 0.496 e. The highest BCUT2D eigenvalue weighted by Crippen LogP contribution is 2.50. The predicted molar refractivity (Wildman–Crippen MR) is 148 cm³/mol. The number of amides is 3. The minimum absolute atomic E-state index is 0.164. The fourth-order valence-electron chi connectivity index (χ4n) is 4.47. The number of methoxy groups -OCH3 is 1. The molecule has 3 amide bonds. The van der Waals surface area contributed by atoms with Crippen LogP contribution >= 0.6 is 85.5 Å². The molecule has 1 fully saturated rings. The molecular formula is C24H11BrCl6N2O4. The van der Waals surface area contributed by atoms with Gasteiger partial charge in [-0.1, -0.05) is 75.7 Å². The maximum Gasteiger partial charge on any atom is 0.264 e. The van der Waals surface area contributed by atoms with Crippen LogP contribution in [0.2, 0.25) is 30.1 Å². The van der Waals surface area contributed by atoms with Crippen LogP contribution in [0.25, 0.3) is 0 Å². The van der Waals surface area contributed by atoms with Crippen molar-refractivity contribution in [2.45, 2.75) is 12.1 Å². The molecule has 1 saturated heterocycles. The highest BCUT2D eigenvalue weighted by molar-refractivity contribution is 9.10. The summed E-state index contributed by atoms with van der Waals surface area (Å²) in [6, 6.07) is 7.82. The fraction of sp³-hybridized carbons (Fsp3) is 0.125. The monoisotopic (exact) mass is 680 g/mol. The lowest BCUT2D eigenvalue weighted by Crippen LogP contribution is -2.67. The number of benzene rings is 3. The first-order valence-electron chi connectivity index (χ1n) is 10.3. The van der Waals surface area contributed by atoms with E-state index in [9.17, 15) is 14.4 Å². The molecule has 0 radical (unpaired) electrons. The van der Waals surface area contributed by atoms with Crippen LogP contribution in [0.3, 0.4) is 0 Å². The molecule has 2 aliphatic heterocycles. The van der Waals surface area contributed by atoms with Crippen molar-refractivity contribution < 1.29 is 19.1 Å². The normalized spacial score (nSPS) is 18.9. The third kappa shape index (κ3) is 4.02. The fourth-order valence-corrected chi connectivity index (χ4v) is 6.33. The first kappa shape index (κ1) is 26.9. The molecule has 3 aromatic carbocycles. The molecule has 0 aromatic heterocycles. The second-order valence-electron chi connectivity index (χ2n) is 8.08. The molecule has 0 bridgehead atoms. The van der Waals surface area contributed by atoms with Gasteiger partial charge in [-0.25, -0.2) is 0 Å². The minimum atomic E-state index is -1.23. The van der Waals surface area contributed by atoms with Crippen LogP contribution in [0.4, 0.5) is 5.69 Å². The zero-order valence-electron chi connectivity index (χ0n) is 18.3. The molecule has 37 heavy (non-hydrogen) atoms. The molecule has 0 aliphatic carbocycles. The number of nitrogens with zero attached hydrogens (tertiary/aromatic N) is 2. The van der Waals surface area contributed by atoms with Gasteiger partial charge in [-0.05, 0) is 51.8 Å². The van der Waals surface area contributed by atoms with Gasteiger partial charge in [-0.3, -0.25) is 19.3 Å². The minimum Gasteiger partial charge on any atom is -0.496 e. The van der Waals surface area contributed by atoms with Gasteiger partial charge in [0.25, 0.3) is 17.7 Å². The second-order valence-corrected chi connectivity index (χ2v) is 11.3. The van der Waals surface area contributed by atoms with Crippen LogP contribution in [0.15, 0.2) is 40.9 Å². The summed E-state index contributed by atoms with van der Waals surface area (Å²) in [6.45, 7) is 0. The predicted octanol–water partition coefficient (Wildman–Crippen LogP) is 8.13. The molecule has 6 nitrogen and oxygen atoms in total. The van der Waals surface area contributed by atoms with Gasteiger partial charge in [0.05, 0.1) is 58.9 Å². The number of hydrogen-bond donors (Lipinski definition) is 0. The Balaban J connectivity index is 1.65. The Labute approximate surface area is 249 Å². The van der Waals surface area contributed by atoms with Crippen LogP contribution in [0.5, 0.6) is 5.75 Å². The number of hydrogen-bond acceptors (Lipinski definition) is 4. The highest BCUT2D eigenvalue weighted by atomic mass is 79.9. The van der Waals surface area contributed by atoms with Gasteiger partial charge < -0.3 is 9.64 Å². The Hall–Kier alpha value is -1.71. The second kappa shape index (κ2) is 9.79. The van der Waals surface area contributed by atoms with Gasteiger partial charge >= 0.3 is 0 Å². The van der Waals surface area contributed by atoms with Gasteiger partial charge in [0.1, 0.15) is 11.8 Å². The van der Waals surface area contributed by atoms with Crippen LogP contribution < -0.4 is 9.64 Å². The van der Waals surface area contributed by atoms with Crippen molar-refractivity contribution in [3.8, 4) is 5.75 Å². The van der Waals surface area contributed by atoms with E-state index in [1.165, 1.54) is 18.1 Å². The van der Waals surface area contributed by atoms with Crippen molar-refractivity contribution in [3.05, 3.63) is 87.7 Å². The summed E-state index contributed by atoms with van der Waals surface area (Å²) < 4.78 is 5.92. The highest BCUT2D eigenvalue weighted by Gasteiger charge is 2.58. The Bertz CT molecular complexity index is 1500. The third-order valence-corrected chi connectivity index (χ3v) is 9.34. The van der Waals surface area contributed by atoms with Gasteiger partial charge in [0, 0.05) is 5.69 Å². The van der Waals surface area contributed by atoms with Crippen LogP contribution in [0.1, 0.15) is 32.3 Å². The third-order valence-electron chi connectivity index (χ3n) is 6.18. The number of halogens is 7. The molecule has 13 heteroatoms. The molecule has 2 heterocycles. The van der Waals surface area contributed by atoms with Crippen LogP contribution in [-0.4, -0.2) is 35.8 Å². The summed E-state index contributed by atoms with van der Waals surface area (Å²) in [7, 11) is 1.51. The average Bonchev–Trinajstić information content (AvgIpc) is 3.12. The topological polar surface area (TPSA) is 66.9 Å². The Kier molecular flexibility index (Phi) is 7.12. The number of imide groups is 1. The molecule has 0 unspecified atom stereocenters. The summed E-state index contributed by atoms with van der Waals surface area (Å²) in [4.78, 5) is 43.0. The number of carbonyl (C=O) groups is 3. The Morgan fingerprint density at radius 3 is 1.84 bits per heavy atom. The molecule has 3 aromatic rings. The van der Waals surface area contributed by atoms with E-state index in [-0.39, 0.29) is 36.2 Å². The van der Waals surface area contributed by atoms with Crippen molar-refractivity contribution in [2.75, 3.05) is 12.0 Å². The van der Waals surface area contributed by atoms with Crippen molar-refractivity contribution in [1.29, 1.82) is 0 Å². The summed E-state index contributed by atoms with van der Waals surface area (Å²) in [5.74, 6) is -1.60. The van der Waals surface area contributed by atoms with Gasteiger partial charge in [0.15, 0.2) is 0 Å². The Morgan fingerprint density at radius 2 is 1.32 bits per heavy atom. The molecule has 2 atom stereocenters. The van der Waals surface area contributed by atoms with Crippen LogP contribution in [-0.2, 0) is 4.79 Å². The molecule has 0 N–H and O–H groups in total. The quantitative estimate of drug-likeness (QED) is 0.121. The van der Waals surface area contributed by atoms with E-state index in [1.807, 2.05) is 0 Å². The molecule has 0 spiro atoms. The summed E-state index contributed by atoms with van der Waals surface area (Å²) in [5.41, 5.74) is 0.613. The number of fused-ring (bicyclic) bond motifs is 1. The first-order chi connectivity index (χ1) is 17.5. The molecule has 0 saturated carbocycles. The lowest BCUT2D eigenvalue weighted by Gasteiger charge is -2.49. The molecule has 190 valence electrons. The number of ether oxygens (including phenoxy) is 1. The molecule has 2 aliphatic rings. The Morgan fingerprint density at radius 1 is 0.730 bits per heavy atom. The summed E-state index contributed by atoms with van der Waals surface area (Å²) in [5, 5.41) is -0.232. The van der Waals surface area contributed by atoms with E-state index >= 15 is 0 Å². The smallest absolute Gasteiger partial charge is 0.264 e. The standard InChI is InChI=1S/C24H11BrCl6N2O4/c1-37-13-5-2-8(6-10(13)25)20-21(24(36)32(20)9-3-4-11(26)12(27)7-9)33-22(34)14-15(23(33)35)17(29)19(31)18(30)16(14)28/h2-7,20-21H,1H3/t20-,21+/m1/s1. The maximum absolute atomic E-state index is 13.6. The van der Waals surface area contributed by atoms with Gasteiger partial charge in [-0.2, -0.15) is 0 Å². The average molecular weight is 684 g/mol. The number of carbonyl (C=O) groups excluding carboxylic acids is 3. The zero-order valence-corrected chi connectivity index (χ0v) is 24.4. The van der Waals surface area contributed by atoms with E-state index in [1.54, 1.807) is 30.3 Å². The number of β-lactam (4-membered cyclic amide) rings is 1. The van der Waals surface area contributed by atoms with Crippen molar-refractivity contribution >= 4 is 109 Å². The van der Waals surface area contributed by atoms with E-state index in [0.717, 1.165) is 4.90 Å². The first-order valence-corrected chi connectivity index (χ1v) is 13.4. The van der Waals surface area contributed by atoms with E-state index < -0.39 is 29.8 Å². The van der Waals surface area contributed by atoms with Crippen molar-refractivity contribution in [3.63, 3.8) is 0 Å². The van der Waals surface area contributed by atoms with Gasteiger partial charge in [0.2, 0.25) is 0 Å². The van der Waals surface area contributed by atoms with E-state index in [4.69, 9.17) is 74.3 Å². The van der Waals surface area contributed by atoms with Crippen LogP contribution in [0, 0.1) is 0 Å². The number of anilines is 1.